The Hall–Kier alpha value is -2.12. The van der Waals surface area contributed by atoms with E-state index >= 15 is 0 Å². The van der Waals surface area contributed by atoms with Gasteiger partial charge in [-0.05, 0) is 19.1 Å². The third kappa shape index (κ3) is 1.69. The summed E-state index contributed by atoms with van der Waals surface area (Å²) in [6.07, 6.45) is -4.76. The molecule has 0 radical (unpaired) electrons. The first kappa shape index (κ1) is 14.8. The summed E-state index contributed by atoms with van der Waals surface area (Å²) in [4.78, 5) is 11.8. The van der Waals surface area contributed by atoms with Crippen molar-refractivity contribution in [2.45, 2.75) is 31.5 Å². The molecule has 118 valence electrons. The van der Waals surface area contributed by atoms with E-state index < -0.39 is 46.3 Å². The molecule has 2 atom stereocenters. The quantitative estimate of drug-likeness (QED) is 0.546. The Kier molecular flexibility index (Phi) is 2.83. The topological polar surface area (TPSA) is 39.4 Å². The van der Waals surface area contributed by atoms with Gasteiger partial charge in [-0.2, -0.15) is 17.6 Å². The first-order chi connectivity index (χ1) is 10.1. The monoisotopic (exact) mass is 320 g/mol. The molecule has 3 nitrogen and oxygen atoms in total. The predicted molar refractivity (Wildman–Crippen MR) is 65.9 cm³/mol. The lowest BCUT2D eigenvalue weighted by Crippen LogP contribution is -2.48. The molecule has 1 aromatic heterocycles. The van der Waals surface area contributed by atoms with E-state index in [1.807, 2.05) is 0 Å². The zero-order valence-electron chi connectivity index (χ0n) is 11.3. The average molecular weight is 320 g/mol. The molecule has 0 unspecified atom stereocenters. The minimum Gasteiger partial charge on any atom is -0.470 e. The van der Waals surface area contributed by atoms with E-state index in [4.69, 9.17) is 4.74 Å². The molecule has 0 spiro atoms. The molecule has 22 heavy (non-hydrogen) atoms. The van der Waals surface area contributed by atoms with Crippen LogP contribution in [0.25, 0.3) is 11.0 Å². The standard InChI is InChI=1S/C14H9F5O3/c1-5-8-6-3-4-7(15)9(16)10(6)21-12(20)11(8)22-13(5,2)14(17,18)19/h3-5H,1-2H3/t5-,13-/m0/s1. The van der Waals surface area contributed by atoms with Crippen LogP contribution in [0.5, 0.6) is 5.75 Å². The van der Waals surface area contributed by atoms with E-state index in [0.29, 0.717) is 0 Å². The molecular weight excluding hydrogens is 311 g/mol. The summed E-state index contributed by atoms with van der Waals surface area (Å²) >= 11 is 0. The Morgan fingerprint density at radius 3 is 2.45 bits per heavy atom. The first-order valence-corrected chi connectivity index (χ1v) is 6.28. The summed E-state index contributed by atoms with van der Waals surface area (Å²) in [6.45, 7) is 2.00. The maximum absolute atomic E-state index is 13.7. The summed E-state index contributed by atoms with van der Waals surface area (Å²) < 4.78 is 76.1. The van der Waals surface area contributed by atoms with Crippen LogP contribution in [0.1, 0.15) is 25.3 Å². The molecule has 3 rings (SSSR count). The number of hydrogen-bond donors (Lipinski definition) is 0. The lowest BCUT2D eigenvalue weighted by atomic mass is 9.85. The van der Waals surface area contributed by atoms with Crippen LogP contribution in [0.4, 0.5) is 22.0 Å². The molecule has 0 amide bonds. The van der Waals surface area contributed by atoms with Gasteiger partial charge in [-0.25, -0.2) is 9.18 Å². The van der Waals surface area contributed by atoms with Crippen LogP contribution in [0.2, 0.25) is 0 Å². The summed E-state index contributed by atoms with van der Waals surface area (Å²) in [5.74, 6) is -4.60. The van der Waals surface area contributed by atoms with Crippen molar-refractivity contribution in [2.75, 3.05) is 0 Å². The fraction of sp³-hybridized carbons (Fsp3) is 0.357. The second-order valence-electron chi connectivity index (χ2n) is 5.30. The average Bonchev–Trinajstić information content (AvgIpc) is 2.70. The Morgan fingerprint density at radius 2 is 1.86 bits per heavy atom. The Balaban J connectivity index is 2.38. The first-order valence-electron chi connectivity index (χ1n) is 6.28. The molecule has 1 aromatic carbocycles. The molecule has 2 aromatic rings. The second kappa shape index (κ2) is 4.21. The maximum atomic E-state index is 13.7. The van der Waals surface area contributed by atoms with Crippen molar-refractivity contribution in [1.82, 2.24) is 0 Å². The normalized spacial score (nSPS) is 24.4. The van der Waals surface area contributed by atoms with Gasteiger partial charge in [0.1, 0.15) is 0 Å². The van der Waals surface area contributed by atoms with E-state index in [0.717, 1.165) is 19.1 Å². The van der Waals surface area contributed by atoms with Gasteiger partial charge in [0.2, 0.25) is 17.2 Å². The van der Waals surface area contributed by atoms with Gasteiger partial charge >= 0.3 is 11.8 Å². The number of rotatable bonds is 0. The third-order valence-electron chi connectivity index (χ3n) is 4.10. The van der Waals surface area contributed by atoms with Crippen molar-refractivity contribution < 1.29 is 31.1 Å². The predicted octanol–water partition coefficient (Wildman–Crippen LogP) is 3.89. The van der Waals surface area contributed by atoms with Gasteiger partial charge in [-0.15, -0.1) is 0 Å². The van der Waals surface area contributed by atoms with Crippen molar-refractivity contribution in [3.8, 4) is 5.75 Å². The molecular formula is C14H9F5O3. The zero-order valence-corrected chi connectivity index (χ0v) is 11.3. The number of hydrogen-bond acceptors (Lipinski definition) is 3. The van der Waals surface area contributed by atoms with Crippen LogP contribution in [0.3, 0.4) is 0 Å². The number of alkyl halides is 3. The van der Waals surface area contributed by atoms with E-state index in [1.165, 1.54) is 6.92 Å². The highest BCUT2D eigenvalue weighted by atomic mass is 19.4. The molecule has 0 saturated heterocycles. The molecule has 0 fully saturated rings. The lowest BCUT2D eigenvalue weighted by Gasteiger charge is -2.30. The smallest absolute Gasteiger partial charge is 0.428 e. The van der Waals surface area contributed by atoms with Gasteiger partial charge in [0.25, 0.3) is 0 Å². The Morgan fingerprint density at radius 1 is 1.23 bits per heavy atom. The van der Waals surface area contributed by atoms with Crippen molar-refractivity contribution in [1.29, 1.82) is 0 Å². The van der Waals surface area contributed by atoms with E-state index in [2.05, 4.69) is 4.42 Å². The van der Waals surface area contributed by atoms with Crippen LogP contribution in [-0.4, -0.2) is 11.8 Å². The summed E-state index contributed by atoms with van der Waals surface area (Å²) in [5.41, 5.74) is -4.77. The van der Waals surface area contributed by atoms with Crippen LogP contribution in [0.15, 0.2) is 21.3 Å². The lowest BCUT2D eigenvalue weighted by molar-refractivity contribution is -0.241. The molecule has 0 N–H and O–H groups in total. The summed E-state index contributed by atoms with van der Waals surface area (Å²) in [6, 6.07) is 1.82. The molecule has 2 heterocycles. The highest BCUT2D eigenvalue weighted by Gasteiger charge is 2.62. The largest absolute Gasteiger partial charge is 0.470 e. The fourth-order valence-electron chi connectivity index (χ4n) is 2.62. The fourth-order valence-corrected chi connectivity index (χ4v) is 2.62. The van der Waals surface area contributed by atoms with Crippen molar-refractivity contribution >= 4 is 11.0 Å². The SMILES string of the molecule is C[C@H]1c2c(c(=O)oc3c(F)c(F)ccc23)O[C@]1(C)C(F)(F)F. The minimum atomic E-state index is -4.76. The Bertz CT molecular complexity index is 839. The number of halogens is 5. The van der Waals surface area contributed by atoms with Gasteiger partial charge in [0.05, 0.1) is 0 Å². The molecule has 0 bridgehead atoms. The number of ether oxygens (including phenoxy) is 1. The van der Waals surface area contributed by atoms with Gasteiger partial charge in [-0.3, -0.25) is 0 Å². The highest BCUT2D eigenvalue weighted by Crippen LogP contribution is 2.52. The molecule has 8 heteroatoms. The van der Waals surface area contributed by atoms with Crippen LogP contribution in [0, 0.1) is 11.6 Å². The van der Waals surface area contributed by atoms with Crippen LogP contribution >= 0.6 is 0 Å². The van der Waals surface area contributed by atoms with Crippen molar-refractivity contribution in [3.63, 3.8) is 0 Å². The zero-order chi connectivity index (χ0) is 16.4. The van der Waals surface area contributed by atoms with Crippen LogP contribution in [-0.2, 0) is 0 Å². The second-order valence-corrected chi connectivity index (χ2v) is 5.30. The molecule has 0 aliphatic carbocycles. The third-order valence-corrected chi connectivity index (χ3v) is 4.10. The Labute approximate surface area is 120 Å². The van der Waals surface area contributed by atoms with Gasteiger partial charge in [-0.1, -0.05) is 6.92 Å². The van der Waals surface area contributed by atoms with Crippen LogP contribution < -0.4 is 10.4 Å². The minimum absolute atomic E-state index is 0.117. The van der Waals surface area contributed by atoms with Gasteiger partial charge in [0, 0.05) is 16.9 Å². The van der Waals surface area contributed by atoms with Crippen molar-refractivity contribution in [3.05, 3.63) is 39.8 Å². The number of fused-ring (bicyclic) bond motifs is 3. The van der Waals surface area contributed by atoms with Crippen molar-refractivity contribution in [2.24, 2.45) is 0 Å². The van der Waals surface area contributed by atoms with E-state index in [1.54, 1.807) is 0 Å². The van der Waals surface area contributed by atoms with E-state index in [-0.39, 0.29) is 10.9 Å². The molecule has 1 aliphatic rings. The van der Waals surface area contributed by atoms with E-state index in [9.17, 15) is 26.7 Å². The molecule has 0 saturated carbocycles. The maximum Gasteiger partial charge on any atom is 0.428 e. The number of benzene rings is 1. The molecule has 1 aliphatic heterocycles. The summed E-state index contributed by atoms with van der Waals surface area (Å²) in [7, 11) is 0. The highest BCUT2D eigenvalue weighted by molar-refractivity contribution is 5.84. The van der Waals surface area contributed by atoms with Gasteiger partial charge in [0.15, 0.2) is 11.4 Å². The van der Waals surface area contributed by atoms with Gasteiger partial charge < -0.3 is 9.15 Å². The summed E-state index contributed by atoms with van der Waals surface area (Å²) in [5, 5.41) is -0.117.